The van der Waals surface area contributed by atoms with E-state index < -0.39 is 17.3 Å². The first-order chi connectivity index (χ1) is 18.5. The predicted octanol–water partition coefficient (Wildman–Crippen LogP) is 6.09. The third kappa shape index (κ3) is 5.72. The maximum Gasteiger partial charge on any atom is 0.416 e. The smallest absolute Gasteiger partial charge is 0.385 e. The number of H-pyrrole nitrogens is 1. The molecule has 10 heteroatoms. The summed E-state index contributed by atoms with van der Waals surface area (Å²) in [5.74, 6) is -0.282. The van der Waals surface area contributed by atoms with Crippen LogP contribution in [0.2, 0.25) is 0 Å². The maximum atomic E-state index is 13.3. The van der Waals surface area contributed by atoms with E-state index in [2.05, 4.69) is 11.1 Å². The number of amides is 1. The van der Waals surface area contributed by atoms with E-state index in [4.69, 9.17) is 12.2 Å². The number of nitrogens with one attached hydrogen (secondary N) is 1. The number of aromatic nitrogens is 2. The summed E-state index contributed by atoms with van der Waals surface area (Å²) in [6, 6.07) is 9.54. The first-order valence-corrected chi connectivity index (χ1v) is 13.6. The van der Waals surface area contributed by atoms with Crippen molar-refractivity contribution in [2.75, 3.05) is 13.1 Å². The number of aliphatic hydroxyl groups is 1. The van der Waals surface area contributed by atoms with Crippen molar-refractivity contribution in [3.05, 3.63) is 85.9 Å². The molecule has 2 aromatic carbocycles. The van der Waals surface area contributed by atoms with Crippen LogP contribution in [0.25, 0.3) is 10.9 Å². The fraction of sp³-hybridized carbons (Fsp3) is 0.414. The van der Waals surface area contributed by atoms with Gasteiger partial charge in [-0.15, -0.1) is 0 Å². The molecular weight excluding hydrogens is 527 g/mol. The number of aromatic amines is 1. The molecule has 0 radical (unpaired) electrons. The van der Waals surface area contributed by atoms with Gasteiger partial charge in [0.15, 0.2) is 4.77 Å². The molecule has 0 bridgehead atoms. The third-order valence-corrected chi connectivity index (χ3v) is 8.20. The molecule has 2 N–H and O–H groups in total. The van der Waals surface area contributed by atoms with Gasteiger partial charge < -0.3 is 15.0 Å². The fourth-order valence-electron chi connectivity index (χ4n) is 5.51. The average Bonchev–Trinajstić information content (AvgIpc) is 2.93. The molecule has 5 rings (SSSR count). The molecule has 6 nitrogen and oxygen atoms in total. The lowest BCUT2D eigenvalue weighted by Crippen LogP contribution is -2.45. The van der Waals surface area contributed by atoms with E-state index >= 15 is 0 Å². The number of hydrogen-bond acceptors (Lipinski definition) is 4. The van der Waals surface area contributed by atoms with Crippen molar-refractivity contribution < 1.29 is 23.1 Å². The van der Waals surface area contributed by atoms with Crippen molar-refractivity contribution in [3.63, 3.8) is 0 Å². The Kier molecular flexibility index (Phi) is 7.52. The molecule has 206 valence electrons. The van der Waals surface area contributed by atoms with Crippen LogP contribution in [-0.4, -0.2) is 38.6 Å². The molecule has 0 spiro atoms. The van der Waals surface area contributed by atoms with Crippen molar-refractivity contribution in [2.24, 2.45) is 0 Å². The minimum Gasteiger partial charge on any atom is -0.385 e. The van der Waals surface area contributed by atoms with E-state index in [-0.39, 0.29) is 43.0 Å². The van der Waals surface area contributed by atoms with Crippen molar-refractivity contribution in [1.29, 1.82) is 0 Å². The fourth-order valence-corrected chi connectivity index (χ4v) is 5.80. The van der Waals surface area contributed by atoms with Crippen LogP contribution >= 0.6 is 12.2 Å². The van der Waals surface area contributed by atoms with E-state index in [0.29, 0.717) is 27.8 Å². The summed E-state index contributed by atoms with van der Waals surface area (Å²) in [5, 5.41) is 11.5. The molecule has 39 heavy (non-hydrogen) atoms. The zero-order valence-corrected chi connectivity index (χ0v) is 22.2. The molecule has 1 saturated heterocycles. The minimum absolute atomic E-state index is 0.108. The number of allylic oxidation sites excluding steroid dienone is 2. The monoisotopic (exact) mass is 557 g/mol. The summed E-state index contributed by atoms with van der Waals surface area (Å²) in [6.45, 7) is 0.854. The van der Waals surface area contributed by atoms with Crippen molar-refractivity contribution in [2.45, 2.75) is 63.3 Å². The zero-order chi connectivity index (χ0) is 27.8. The van der Waals surface area contributed by atoms with Crippen LogP contribution in [0.3, 0.4) is 0 Å². The number of carbonyl (C=O) groups is 1. The van der Waals surface area contributed by atoms with E-state index in [1.165, 1.54) is 30.5 Å². The Bertz CT molecular complexity index is 1550. The van der Waals surface area contributed by atoms with E-state index in [1.807, 2.05) is 0 Å². The predicted molar refractivity (Wildman–Crippen MR) is 145 cm³/mol. The van der Waals surface area contributed by atoms with Gasteiger partial charge in [-0.25, -0.2) is 0 Å². The van der Waals surface area contributed by atoms with Gasteiger partial charge in [0.05, 0.1) is 22.1 Å². The lowest BCUT2D eigenvalue weighted by molar-refractivity contribution is -0.137. The van der Waals surface area contributed by atoms with Gasteiger partial charge in [0.25, 0.3) is 11.5 Å². The van der Waals surface area contributed by atoms with Crippen LogP contribution in [0.5, 0.6) is 0 Å². The van der Waals surface area contributed by atoms with Gasteiger partial charge in [-0.1, -0.05) is 23.8 Å². The zero-order valence-electron chi connectivity index (χ0n) is 21.4. The normalized spacial score (nSPS) is 17.7. The Labute approximate surface area is 228 Å². The number of alkyl halides is 3. The van der Waals surface area contributed by atoms with Gasteiger partial charge in [-0.05, 0) is 93.1 Å². The van der Waals surface area contributed by atoms with E-state index in [9.17, 15) is 27.9 Å². The van der Waals surface area contributed by atoms with Gasteiger partial charge in [-0.3, -0.25) is 14.2 Å². The van der Waals surface area contributed by atoms with Gasteiger partial charge in [0, 0.05) is 25.2 Å². The number of carbonyl (C=O) groups excluding carboxylic acids is 1. The summed E-state index contributed by atoms with van der Waals surface area (Å²) in [4.78, 5) is 31.1. The van der Waals surface area contributed by atoms with Gasteiger partial charge in [-0.2, -0.15) is 13.2 Å². The standard InChI is InChI=1S/C29H30F3N3O3S/c30-29(31,32)22-8-4-7-21(18-22)28(38)12-15-34(16-13-28)25(36)20-9-10-23-24(17-20)33-27(39)35(26(23)37)14-11-19-5-2-1-3-6-19/h4-5,7-10,17-18,38H,1-3,6,11-16H2,(H,33,39). The first kappa shape index (κ1) is 27.3. The summed E-state index contributed by atoms with van der Waals surface area (Å²) < 4.78 is 41.3. The SMILES string of the molecule is O=C(c1ccc2c(=O)n(CCC3=CCCCC3)c(=S)[nH]c2c1)N1CCC(O)(c2cccc(C(F)(F)F)c2)CC1. The highest BCUT2D eigenvalue weighted by Gasteiger charge is 2.38. The highest BCUT2D eigenvalue weighted by atomic mass is 32.1. The number of halogens is 3. The third-order valence-electron chi connectivity index (χ3n) is 7.88. The number of piperidine rings is 1. The topological polar surface area (TPSA) is 78.3 Å². The first-order valence-electron chi connectivity index (χ1n) is 13.2. The number of likely N-dealkylation sites (tertiary alicyclic amines) is 1. The quantitative estimate of drug-likeness (QED) is 0.294. The minimum atomic E-state index is -4.50. The molecule has 2 aliphatic rings. The second-order valence-corrected chi connectivity index (χ2v) is 10.8. The summed E-state index contributed by atoms with van der Waals surface area (Å²) in [6.07, 6.45) is 3.25. The molecule has 1 amide bonds. The molecule has 1 aromatic heterocycles. The molecule has 2 heterocycles. The maximum absolute atomic E-state index is 13.3. The van der Waals surface area contributed by atoms with E-state index in [0.717, 1.165) is 31.4 Å². The number of fused-ring (bicyclic) bond motifs is 1. The van der Waals surface area contributed by atoms with Crippen LogP contribution in [-0.2, 0) is 18.3 Å². The van der Waals surface area contributed by atoms with Crippen LogP contribution in [0.1, 0.15) is 66.4 Å². The Hall–Kier alpha value is -3.24. The van der Waals surface area contributed by atoms with Crippen LogP contribution < -0.4 is 5.56 Å². The molecule has 1 fully saturated rings. The van der Waals surface area contributed by atoms with Gasteiger partial charge in [0.1, 0.15) is 0 Å². The molecular formula is C29H30F3N3O3S. The second kappa shape index (κ2) is 10.7. The van der Waals surface area contributed by atoms with Crippen LogP contribution in [0.4, 0.5) is 13.2 Å². The number of rotatable bonds is 5. The van der Waals surface area contributed by atoms with Crippen molar-refractivity contribution in [3.8, 4) is 0 Å². The molecule has 1 aliphatic heterocycles. The summed E-state index contributed by atoms with van der Waals surface area (Å²) >= 11 is 5.47. The number of nitrogens with zero attached hydrogens (tertiary/aromatic N) is 2. The average molecular weight is 558 g/mol. The largest absolute Gasteiger partial charge is 0.416 e. The van der Waals surface area contributed by atoms with Gasteiger partial charge >= 0.3 is 6.18 Å². The number of hydrogen-bond donors (Lipinski definition) is 2. The number of benzene rings is 2. The second-order valence-electron chi connectivity index (χ2n) is 10.4. The van der Waals surface area contributed by atoms with Gasteiger partial charge in [0.2, 0.25) is 0 Å². The van der Waals surface area contributed by atoms with E-state index in [1.54, 1.807) is 27.7 Å². The molecule has 0 unspecified atom stereocenters. The Morgan fingerprint density at radius 3 is 2.56 bits per heavy atom. The summed E-state index contributed by atoms with van der Waals surface area (Å²) in [5.41, 5.74) is -0.0862. The van der Waals surface area contributed by atoms with Crippen molar-refractivity contribution in [1.82, 2.24) is 14.5 Å². The molecule has 3 aromatic rings. The Morgan fingerprint density at radius 1 is 1.10 bits per heavy atom. The van der Waals surface area contributed by atoms with Crippen molar-refractivity contribution >= 4 is 29.0 Å². The Morgan fingerprint density at radius 2 is 1.87 bits per heavy atom. The lowest BCUT2D eigenvalue weighted by Gasteiger charge is -2.38. The molecule has 0 atom stereocenters. The highest BCUT2D eigenvalue weighted by molar-refractivity contribution is 7.71. The molecule has 1 aliphatic carbocycles. The van der Waals surface area contributed by atoms with Crippen LogP contribution in [0.15, 0.2) is 58.9 Å². The lowest BCUT2D eigenvalue weighted by atomic mass is 9.83. The van der Waals surface area contributed by atoms with Crippen LogP contribution in [0, 0.1) is 4.77 Å². The molecule has 0 saturated carbocycles. The highest BCUT2D eigenvalue weighted by Crippen LogP contribution is 2.37. The summed E-state index contributed by atoms with van der Waals surface area (Å²) in [7, 11) is 0. The Balaban J connectivity index is 1.30.